The van der Waals surface area contributed by atoms with Gasteiger partial charge in [0.25, 0.3) is 0 Å². The van der Waals surface area contributed by atoms with E-state index in [1.165, 1.54) is 6.20 Å². The van der Waals surface area contributed by atoms with Crippen LogP contribution in [0.5, 0.6) is 0 Å². The summed E-state index contributed by atoms with van der Waals surface area (Å²) in [5, 5.41) is 6.34. The van der Waals surface area contributed by atoms with Gasteiger partial charge in [0.2, 0.25) is 5.95 Å². The second kappa shape index (κ2) is 7.36. The van der Waals surface area contributed by atoms with Crippen molar-refractivity contribution in [2.75, 3.05) is 48.9 Å². The quantitative estimate of drug-likeness (QED) is 0.833. The summed E-state index contributed by atoms with van der Waals surface area (Å²) in [5.74, 6) is 1.63. The van der Waals surface area contributed by atoms with Crippen LogP contribution >= 0.6 is 0 Å². The summed E-state index contributed by atoms with van der Waals surface area (Å²) in [5.41, 5.74) is 1.04. The average molecular weight is 359 g/mol. The zero-order valence-electron chi connectivity index (χ0n) is 14.7. The predicted molar refractivity (Wildman–Crippen MR) is 96.0 cm³/mol. The van der Waals surface area contributed by atoms with Crippen molar-refractivity contribution in [2.45, 2.75) is 24.8 Å². The lowest BCUT2D eigenvalue weighted by molar-refractivity contribution is 0.122. The maximum Gasteiger partial charge on any atom is 0.225 e. The van der Waals surface area contributed by atoms with Crippen molar-refractivity contribution in [3.8, 4) is 0 Å². The zero-order chi connectivity index (χ0) is 17.9. The maximum absolute atomic E-state index is 14.1. The van der Waals surface area contributed by atoms with Gasteiger partial charge in [-0.2, -0.15) is 4.98 Å². The van der Waals surface area contributed by atoms with Crippen molar-refractivity contribution in [1.29, 1.82) is 0 Å². The molecule has 2 N–H and O–H groups in total. The molecular formula is C17H22FN7O. The Bertz CT molecular complexity index is 763. The summed E-state index contributed by atoms with van der Waals surface area (Å²) >= 11 is 0. The second-order valence-corrected chi connectivity index (χ2v) is 6.55. The molecule has 0 amide bonds. The lowest BCUT2D eigenvalue weighted by Crippen LogP contribution is -2.38. The molecule has 26 heavy (non-hydrogen) atoms. The van der Waals surface area contributed by atoms with Crippen LogP contribution in [0.4, 0.5) is 22.0 Å². The normalized spacial score (nSPS) is 22.6. The number of aromatic nitrogens is 4. The fourth-order valence-electron chi connectivity index (χ4n) is 3.32. The Kier molecular flexibility index (Phi) is 4.79. The number of hydrogen-bond acceptors (Lipinski definition) is 8. The SMILES string of the molecule is CNc1cc(C2CC(Nc3ncc(F)c(N4CCOCC4)n3)C2)ncn1. The van der Waals surface area contributed by atoms with Crippen LogP contribution in [0.2, 0.25) is 0 Å². The maximum atomic E-state index is 14.1. The Labute approximate surface area is 151 Å². The van der Waals surface area contributed by atoms with E-state index in [1.807, 2.05) is 18.0 Å². The Hall–Kier alpha value is -2.55. The number of ether oxygens (including phenoxy) is 1. The highest BCUT2D eigenvalue weighted by atomic mass is 19.1. The summed E-state index contributed by atoms with van der Waals surface area (Å²) in [7, 11) is 1.84. The van der Waals surface area contributed by atoms with Crippen LogP contribution in [-0.2, 0) is 4.74 Å². The first-order valence-electron chi connectivity index (χ1n) is 8.84. The van der Waals surface area contributed by atoms with Crippen molar-refractivity contribution in [3.63, 3.8) is 0 Å². The van der Waals surface area contributed by atoms with E-state index in [2.05, 4.69) is 30.6 Å². The van der Waals surface area contributed by atoms with Gasteiger partial charge in [0, 0.05) is 43.9 Å². The van der Waals surface area contributed by atoms with E-state index in [0.29, 0.717) is 44.0 Å². The molecule has 0 spiro atoms. The first kappa shape index (κ1) is 16.9. The third-order valence-electron chi connectivity index (χ3n) is 4.87. The highest BCUT2D eigenvalue weighted by Gasteiger charge is 2.32. The highest BCUT2D eigenvalue weighted by molar-refractivity contribution is 5.45. The monoisotopic (exact) mass is 359 g/mol. The second-order valence-electron chi connectivity index (χ2n) is 6.55. The molecule has 2 fully saturated rings. The van der Waals surface area contributed by atoms with E-state index in [1.54, 1.807) is 6.33 Å². The standard InChI is InChI=1S/C17H22FN7O/c1-19-15-8-14(21-10-22-15)11-6-12(7-11)23-17-20-9-13(18)16(24-17)25-2-4-26-5-3-25/h8-12H,2-7H2,1H3,(H,19,21,22)(H,20,23,24). The van der Waals surface area contributed by atoms with Crippen LogP contribution in [0, 0.1) is 5.82 Å². The first-order chi connectivity index (χ1) is 12.7. The number of halogens is 1. The van der Waals surface area contributed by atoms with Gasteiger partial charge in [-0.05, 0) is 12.8 Å². The Morgan fingerprint density at radius 2 is 2.00 bits per heavy atom. The van der Waals surface area contributed by atoms with E-state index in [9.17, 15) is 4.39 Å². The van der Waals surface area contributed by atoms with Crippen molar-refractivity contribution in [1.82, 2.24) is 19.9 Å². The lowest BCUT2D eigenvalue weighted by Gasteiger charge is -2.35. The third kappa shape index (κ3) is 3.52. The number of nitrogens with one attached hydrogen (secondary N) is 2. The molecular weight excluding hydrogens is 337 g/mol. The van der Waals surface area contributed by atoms with E-state index in [-0.39, 0.29) is 6.04 Å². The Balaban J connectivity index is 1.38. The van der Waals surface area contributed by atoms with Gasteiger partial charge < -0.3 is 20.3 Å². The summed E-state index contributed by atoms with van der Waals surface area (Å²) < 4.78 is 19.4. The predicted octanol–water partition coefficient (Wildman–Crippen LogP) is 1.64. The molecule has 1 saturated carbocycles. The fourth-order valence-corrected chi connectivity index (χ4v) is 3.32. The van der Waals surface area contributed by atoms with Crippen LogP contribution in [-0.4, -0.2) is 59.3 Å². The molecule has 2 aromatic heterocycles. The minimum atomic E-state index is -0.399. The topological polar surface area (TPSA) is 88.1 Å². The number of hydrogen-bond donors (Lipinski definition) is 2. The van der Waals surface area contributed by atoms with Crippen LogP contribution in [0.1, 0.15) is 24.5 Å². The summed E-state index contributed by atoms with van der Waals surface area (Å²) in [6.07, 6.45) is 4.70. The Morgan fingerprint density at radius 1 is 1.19 bits per heavy atom. The van der Waals surface area contributed by atoms with Gasteiger partial charge in [-0.3, -0.25) is 0 Å². The van der Waals surface area contributed by atoms with Crippen molar-refractivity contribution in [2.24, 2.45) is 0 Å². The molecule has 2 aliphatic rings. The van der Waals surface area contributed by atoms with Crippen LogP contribution in [0.15, 0.2) is 18.6 Å². The van der Waals surface area contributed by atoms with Gasteiger partial charge in [0.15, 0.2) is 11.6 Å². The summed E-state index contributed by atoms with van der Waals surface area (Å²) in [6, 6.07) is 2.24. The van der Waals surface area contributed by atoms with Gasteiger partial charge >= 0.3 is 0 Å². The number of anilines is 3. The molecule has 1 saturated heterocycles. The van der Waals surface area contributed by atoms with Gasteiger partial charge in [0.1, 0.15) is 12.1 Å². The molecule has 2 aromatic rings. The third-order valence-corrected chi connectivity index (χ3v) is 4.87. The summed E-state index contributed by atoms with van der Waals surface area (Å²) in [6.45, 7) is 2.45. The van der Waals surface area contributed by atoms with E-state index >= 15 is 0 Å². The average Bonchev–Trinajstić information content (AvgIpc) is 2.66. The van der Waals surface area contributed by atoms with Crippen molar-refractivity contribution >= 4 is 17.6 Å². The molecule has 0 unspecified atom stereocenters. The molecule has 4 rings (SSSR count). The molecule has 1 aliphatic carbocycles. The largest absolute Gasteiger partial charge is 0.378 e. The molecule has 0 aromatic carbocycles. The van der Waals surface area contributed by atoms with E-state index < -0.39 is 5.82 Å². The lowest BCUT2D eigenvalue weighted by atomic mass is 9.78. The number of morpholine rings is 1. The minimum absolute atomic E-state index is 0.260. The van der Waals surface area contributed by atoms with Crippen molar-refractivity contribution < 1.29 is 9.13 Å². The van der Waals surface area contributed by atoms with Crippen LogP contribution in [0.25, 0.3) is 0 Å². The first-order valence-corrected chi connectivity index (χ1v) is 8.84. The van der Waals surface area contributed by atoms with Crippen LogP contribution in [0.3, 0.4) is 0 Å². The highest BCUT2D eigenvalue weighted by Crippen LogP contribution is 2.37. The number of nitrogens with zero attached hydrogens (tertiary/aromatic N) is 5. The minimum Gasteiger partial charge on any atom is -0.378 e. The van der Waals surface area contributed by atoms with Crippen LogP contribution < -0.4 is 15.5 Å². The zero-order valence-corrected chi connectivity index (χ0v) is 14.7. The smallest absolute Gasteiger partial charge is 0.225 e. The van der Waals surface area contributed by atoms with Crippen molar-refractivity contribution in [3.05, 3.63) is 30.1 Å². The molecule has 9 heteroatoms. The molecule has 3 heterocycles. The van der Waals surface area contributed by atoms with Gasteiger partial charge in [-0.15, -0.1) is 0 Å². The van der Waals surface area contributed by atoms with E-state index in [0.717, 1.165) is 24.4 Å². The van der Waals surface area contributed by atoms with Gasteiger partial charge in [-0.1, -0.05) is 0 Å². The number of rotatable bonds is 5. The Morgan fingerprint density at radius 3 is 2.77 bits per heavy atom. The molecule has 8 nitrogen and oxygen atoms in total. The molecule has 1 aliphatic heterocycles. The fraction of sp³-hybridized carbons (Fsp3) is 0.529. The molecule has 0 bridgehead atoms. The van der Waals surface area contributed by atoms with Gasteiger partial charge in [0.05, 0.1) is 19.4 Å². The molecule has 0 radical (unpaired) electrons. The van der Waals surface area contributed by atoms with E-state index in [4.69, 9.17) is 4.74 Å². The molecule has 0 atom stereocenters. The van der Waals surface area contributed by atoms with Gasteiger partial charge in [-0.25, -0.2) is 19.3 Å². The summed E-state index contributed by atoms with van der Waals surface area (Å²) in [4.78, 5) is 18.9. The molecule has 138 valence electrons.